The van der Waals surface area contributed by atoms with Gasteiger partial charge in [-0.1, -0.05) is 12.1 Å². The predicted octanol–water partition coefficient (Wildman–Crippen LogP) is 4.07. The number of aromatic nitrogens is 3. The van der Waals surface area contributed by atoms with E-state index in [9.17, 15) is 13.6 Å². The maximum absolute atomic E-state index is 15.0. The van der Waals surface area contributed by atoms with Gasteiger partial charge in [-0.25, -0.2) is 8.78 Å². The summed E-state index contributed by atoms with van der Waals surface area (Å²) < 4.78 is 53.4. The van der Waals surface area contributed by atoms with E-state index in [4.69, 9.17) is 4.11 Å². The molecular formula is C22H16F2N4O. The maximum atomic E-state index is 15.0. The molecule has 0 bridgehead atoms. The van der Waals surface area contributed by atoms with Gasteiger partial charge < -0.3 is 4.90 Å². The lowest BCUT2D eigenvalue weighted by atomic mass is 9.99. The molecule has 144 valence electrons. The molecule has 0 unspecified atom stereocenters. The maximum Gasteiger partial charge on any atom is 0.256 e. The summed E-state index contributed by atoms with van der Waals surface area (Å²) in [6, 6.07) is 10.6. The van der Waals surface area contributed by atoms with Crippen LogP contribution in [-0.2, 0) is 20.1 Å². The molecular weight excluding hydrogens is 374 g/mol. The van der Waals surface area contributed by atoms with Crippen LogP contribution in [-0.4, -0.2) is 25.6 Å². The van der Waals surface area contributed by atoms with E-state index in [1.54, 1.807) is 36.5 Å². The highest BCUT2D eigenvalue weighted by Gasteiger charge is 2.29. The van der Waals surface area contributed by atoms with Crippen molar-refractivity contribution in [1.29, 1.82) is 0 Å². The molecule has 0 atom stereocenters. The molecule has 0 N–H and O–H groups in total. The van der Waals surface area contributed by atoms with Crippen LogP contribution in [0.2, 0.25) is 0 Å². The number of carbonyl (C=O) groups excluding carboxylic acids is 1. The zero-order valence-electron chi connectivity index (χ0n) is 18.1. The number of amides is 1. The van der Waals surface area contributed by atoms with Crippen molar-refractivity contribution in [2.75, 3.05) is 0 Å². The molecule has 1 amide bonds. The van der Waals surface area contributed by atoms with Gasteiger partial charge in [0.05, 0.1) is 29.9 Å². The van der Waals surface area contributed by atoms with E-state index >= 15 is 0 Å². The van der Waals surface area contributed by atoms with Crippen LogP contribution in [0.5, 0.6) is 0 Å². The van der Waals surface area contributed by atoms with Crippen LogP contribution < -0.4 is 0 Å². The second-order valence-corrected chi connectivity index (χ2v) is 6.89. The van der Waals surface area contributed by atoms with E-state index in [0.717, 1.165) is 4.68 Å². The normalized spacial score (nSPS) is 15.3. The minimum absolute atomic E-state index is 0.184. The van der Waals surface area contributed by atoms with Gasteiger partial charge in [-0.2, -0.15) is 5.10 Å². The third-order valence-electron chi connectivity index (χ3n) is 5.10. The fourth-order valence-electron chi connectivity index (χ4n) is 3.70. The van der Waals surface area contributed by atoms with Crippen LogP contribution >= 0.6 is 0 Å². The first-order valence-corrected chi connectivity index (χ1v) is 8.93. The number of benzene rings is 2. The number of hydrogen-bond donors (Lipinski definition) is 0. The Morgan fingerprint density at radius 1 is 1.14 bits per heavy atom. The molecule has 3 heterocycles. The number of carbonyl (C=O) groups is 1. The second-order valence-electron chi connectivity index (χ2n) is 6.89. The van der Waals surface area contributed by atoms with E-state index in [1.807, 2.05) is 0 Å². The number of hydrogen-bond acceptors (Lipinski definition) is 3. The summed E-state index contributed by atoms with van der Waals surface area (Å²) in [7, 11) is 0. The van der Waals surface area contributed by atoms with Gasteiger partial charge >= 0.3 is 0 Å². The fraction of sp³-hybridized carbons (Fsp3) is 0.136. The molecule has 29 heavy (non-hydrogen) atoms. The lowest BCUT2D eigenvalue weighted by molar-refractivity contribution is 0.0763. The molecule has 1 aliphatic heterocycles. The quantitative estimate of drug-likeness (QED) is 0.527. The Labute approximate surface area is 169 Å². The summed E-state index contributed by atoms with van der Waals surface area (Å²) in [6.45, 7) is -2.51. The molecule has 1 aliphatic rings. The zero-order chi connectivity index (χ0) is 22.6. The van der Waals surface area contributed by atoms with Crippen LogP contribution in [0.25, 0.3) is 22.0 Å². The Hall–Kier alpha value is -3.61. The highest BCUT2D eigenvalue weighted by atomic mass is 19.1. The van der Waals surface area contributed by atoms with Gasteiger partial charge in [0.25, 0.3) is 5.91 Å². The Morgan fingerprint density at radius 3 is 2.69 bits per heavy atom. The topological polar surface area (TPSA) is 51.0 Å². The molecule has 0 saturated carbocycles. The van der Waals surface area contributed by atoms with Crippen molar-refractivity contribution >= 4 is 16.8 Å². The number of rotatable bonds is 3. The lowest BCUT2D eigenvalue weighted by Gasteiger charge is -2.17. The molecule has 2 aromatic carbocycles. The molecule has 5 rings (SSSR count). The van der Waals surface area contributed by atoms with Gasteiger partial charge in [0.2, 0.25) is 0 Å². The van der Waals surface area contributed by atoms with Crippen molar-refractivity contribution in [2.24, 2.45) is 6.98 Å². The fourth-order valence-corrected chi connectivity index (χ4v) is 3.70. The van der Waals surface area contributed by atoms with Crippen LogP contribution in [0.1, 0.15) is 25.7 Å². The van der Waals surface area contributed by atoms with E-state index in [1.165, 1.54) is 23.2 Å². The average molecular weight is 393 g/mol. The minimum atomic E-state index is -2.47. The zero-order valence-corrected chi connectivity index (χ0v) is 15.1. The number of halogens is 2. The van der Waals surface area contributed by atoms with Crippen molar-refractivity contribution in [1.82, 2.24) is 19.7 Å². The smallest absolute Gasteiger partial charge is 0.256 e. The third-order valence-corrected chi connectivity index (χ3v) is 5.10. The summed E-state index contributed by atoms with van der Waals surface area (Å²) in [4.78, 5) is 18.0. The van der Waals surface area contributed by atoms with E-state index < -0.39 is 18.6 Å². The molecule has 0 radical (unpaired) electrons. The first kappa shape index (κ1) is 14.4. The summed E-state index contributed by atoms with van der Waals surface area (Å²) in [5.41, 5.74) is 1.89. The van der Waals surface area contributed by atoms with Crippen molar-refractivity contribution in [3.05, 3.63) is 83.3 Å². The first-order chi connectivity index (χ1) is 15.2. The van der Waals surface area contributed by atoms with Crippen molar-refractivity contribution in [3.8, 4) is 11.1 Å². The Morgan fingerprint density at radius 2 is 1.93 bits per heavy atom. The molecule has 0 saturated heterocycles. The standard InChI is InChI=1S/C22H16F2N4O/c1-27-10-16-14(4-2-6-20(16)26-27)13-8-18(23)17(19(24)9-13)11-28-12-21-15(22(28)29)5-3-7-25-21/h2-10H,11-12H2,1H3/i1D3. The SMILES string of the molecule is [2H]C([2H])([2H])n1cc2c(-c3cc(F)c(CN4Cc5ncccc5C4=O)c(F)c3)cccc2n1. The van der Waals surface area contributed by atoms with Crippen molar-refractivity contribution in [3.63, 3.8) is 0 Å². The Bertz CT molecular complexity index is 1360. The van der Waals surface area contributed by atoms with Gasteiger partial charge in [0.15, 0.2) is 0 Å². The van der Waals surface area contributed by atoms with Gasteiger partial charge in [-0.15, -0.1) is 0 Å². The molecule has 0 aliphatic carbocycles. The van der Waals surface area contributed by atoms with E-state index in [0.29, 0.717) is 27.7 Å². The van der Waals surface area contributed by atoms with Gasteiger partial charge in [0.1, 0.15) is 11.6 Å². The number of fused-ring (bicyclic) bond motifs is 2. The highest BCUT2D eigenvalue weighted by Crippen LogP contribution is 2.31. The van der Waals surface area contributed by atoms with Gasteiger partial charge in [-0.3, -0.25) is 14.5 Å². The summed E-state index contributed by atoms with van der Waals surface area (Å²) in [6.07, 6.45) is 2.91. The molecule has 2 aromatic heterocycles. The number of nitrogens with zero attached hydrogens (tertiary/aromatic N) is 4. The second kappa shape index (κ2) is 6.48. The Balaban J connectivity index is 1.50. The highest BCUT2D eigenvalue weighted by molar-refractivity contribution is 5.97. The predicted molar refractivity (Wildman–Crippen MR) is 104 cm³/mol. The van der Waals surface area contributed by atoms with Crippen molar-refractivity contribution < 1.29 is 17.7 Å². The average Bonchev–Trinajstić information content (AvgIpc) is 3.32. The van der Waals surface area contributed by atoms with Gasteiger partial charge in [0, 0.05) is 34.4 Å². The number of aryl methyl sites for hydroxylation is 1. The number of pyridine rings is 1. The van der Waals surface area contributed by atoms with Crippen molar-refractivity contribution in [2.45, 2.75) is 13.1 Å². The van der Waals surface area contributed by atoms with Crippen LogP contribution in [0.3, 0.4) is 0 Å². The summed E-state index contributed by atoms with van der Waals surface area (Å²) in [5.74, 6) is -1.91. The van der Waals surface area contributed by atoms with Gasteiger partial charge in [-0.05, 0) is 41.5 Å². The Kier molecular flexibility index (Phi) is 3.22. The molecule has 0 spiro atoms. The summed E-state index contributed by atoms with van der Waals surface area (Å²) in [5, 5.41) is 4.51. The van der Waals surface area contributed by atoms with Crippen LogP contribution in [0.4, 0.5) is 8.78 Å². The third kappa shape index (κ3) is 2.86. The largest absolute Gasteiger partial charge is 0.328 e. The minimum Gasteiger partial charge on any atom is -0.328 e. The van der Waals surface area contributed by atoms with E-state index in [2.05, 4.69) is 10.1 Å². The van der Waals surface area contributed by atoms with E-state index in [-0.39, 0.29) is 30.1 Å². The van der Waals surface area contributed by atoms with Crippen LogP contribution in [0, 0.1) is 11.6 Å². The molecule has 0 fully saturated rings. The molecule has 5 nitrogen and oxygen atoms in total. The first-order valence-electron chi connectivity index (χ1n) is 10.4. The monoisotopic (exact) mass is 393 g/mol. The lowest BCUT2D eigenvalue weighted by Crippen LogP contribution is -2.24. The molecule has 7 heteroatoms. The summed E-state index contributed by atoms with van der Waals surface area (Å²) >= 11 is 0. The molecule has 4 aromatic rings. The van der Waals surface area contributed by atoms with Crippen LogP contribution in [0.15, 0.2) is 54.9 Å².